The van der Waals surface area contributed by atoms with Gasteiger partial charge < -0.3 is 20.1 Å². The molecule has 33 heavy (non-hydrogen) atoms. The number of rotatable bonds is 5. The number of ether oxygens (including phenoxy) is 2. The molecule has 1 fully saturated rings. The number of hydrogen-bond donors (Lipinski definition) is 2. The lowest BCUT2D eigenvalue weighted by Gasteiger charge is -2.31. The molecular formula is C22H24ClN3O6S. The van der Waals surface area contributed by atoms with Gasteiger partial charge >= 0.3 is 0 Å². The number of piperidine rings is 1. The third-order valence-electron chi connectivity index (χ3n) is 5.76. The predicted octanol–water partition coefficient (Wildman–Crippen LogP) is 3.11. The van der Waals surface area contributed by atoms with Gasteiger partial charge in [-0.15, -0.1) is 0 Å². The highest BCUT2D eigenvalue weighted by Gasteiger charge is 2.33. The van der Waals surface area contributed by atoms with Crippen LogP contribution in [-0.4, -0.2) is 50.8 Å². The Morgan fingerprint density at radius 2 is 1.94 bits per heavy atom. The molecule has 0 unspecified atom stereocenters. The highest BCUT2D eigenvalue weighted by Crippen LogP contribution is 2.34. The van der Waals surface area contributed by atoms with Crippen LogP contribution in [0.25, 0.3) is 0 Å². The van der Waals surface area contributed by atoms with Crippen molar-refractivity contribution in [3.8, 4) is 11.5 Å². The number of fused-ring (bicyclic) bond motifs is 1. The summed E-state index contributed by atoms with van der Waals surface area (Å²) in [5, 5.41) is 5.96. The molecule has 0 aliphatic carbocycles. The number of benzene rings is 2. The van der Waals surface area contributed by atoms with Gasteiger partial charge in [0.1, 0.15) is 11.5 Å². The van der Waals surface area contributed by atoms with E-state index in [0.29, 0.717) is 40.7 Å². The molecule has 2 N–H and O–H groups in total. The largest absolute Gasteiger partial charge is 0.495 e. The van der Waals surface area contributed by atoms with Crippen molar-refractivity contribution < 1.29 is 27.5 Å². The van der Waals surface area contributed by atoms with Crippen molar-refractivity contribution in [1.82, 2.24) is 4.31 Å². The normalized spacial score (nSPS) is 19.2. The molecule has 2 heterocycles. The molecule has 0 spiro atoms. The van der Waals surface area contributed by atoms with Gasteiger partial charge in [0.2, 0.25) is 15.9 Å². The monoisotopic (exact) mass is 493 g/mol. The minimum absolute atomic E-state index is 0.0614. The molecule has 2 aromatic carbocycles. The van der Waals surface area contributed by atoms with Crippen LogP contribution in [0.1, 0.15) is 19.8 Å². The second-order valence-corrected chi connectivity index (χ2v) is 10.3. The number of carbonyl (C=O) groups excluding carboxylic acids is 2. The van der Waals surface area contributed by atoms with Crippen LogP contribution in [0, 0.1) is 5.92 Å². The number of hydrogen-bond acceptors (Lipinski definition) is 6. The van der Waals surface area contributed by atoms with Gasteiger partial charge in [0.15, 0.2) is 6.10 Å². The van der Waals surface area contributed by atoms with Crippen LogP contribution in [0.4, 0.5) is 11.4 Å². The molecule has 176 valence electrons. The van der Waals surface area contributed by atoms with E-state index in [4.69, 9.17) is 21.1 Å². The van der Waals surface area contributed by atoms with Crippen molar-refractivity contribution in [2.45, 2.75) is 30.8 Å². The lowest BCUT2D eigenvalue weighted by molar-refractivity contribution is -0.123. The number of sulfonamides is 1. The SMILES string of the molecule is COc1ccc(Cl)cc1NC(=O)C1CCN(S(=O)(=O)c2ccc3c(c2)NC(=O)[C@@H](C)O3)CC1. The molecule has 11 heteroatoms. The molecular weight excluding hydrogens is 470 g/mol. The summed E-state index contributed by atoms with van der Waals surface area (Å²) < 4.78 is 38.4. The Hall–Kier alpha value is -2.82. The maximum atomic E-state index is 13.1. The lowest BCUT2D eigenvalue weighted by Crippen LogP contribution is -2.41. The Balaban J connectivity index is 1.42. The average molecular weight is 494 g/mol. The summed E-state index contributed by atoms with van der Waals surface area (Å²) in [6.45, 7) is 2.01. The van der Waals surface area contributed by atoms with Crippen LogP contribution in [0.15, 0.2) is 41.3 Å². The molecule has 4 rings (SSSR count). The zero-order chi connectivity index (χ0) is 23.8. The summed E-state index contributed by atoms with van der Waals surface area (Å²) in [5.74, 6) is 0.0203. The first-order valence-corrected chi connectivity index (χ1v) is 12.3. The van der Waals surface area contributed by atoms with Crippen LogP contribution in [0.2, 0.25) is 5.02 Å². The first kappa shape index (κ1) is 23.3. The number of carbonyl (C=O) groups is 2. The summed E-state index contributed by atoms with van der Waals surface area (Å²) in [5.41, 5.74) is 0.793. The molecule has 9 nitrogen and oxygen atoms in total. The molecule has 0 aromatic heterocycles. The first-order valence-electron chi connectivity index (χ1n) is 10.4. The first-order chi connectivity index (χ1) is 15.7. The zero-order valence-corrected chi connectivity index (χ0v) is 19.7. The third kappa shape index (κ3) is 4.78. The minimum Gasteiger partial charge on any atom is -0.495 e. The van der Waals surface area contributed by atoms with Crippen molar-refractivity contribution >= 4 is 44.8 Å². The van der Waals surface area contributed by atoms with Gasteiger partial charge in [-0.3, -0.25) is 9.59 Å². The molecule has 2 aromatic rings. The zero-order valence-electron chi connectivity index (χ0n) is 18.1. The molecule has 2 amide bonds. The molecule has 2 aliphatic rings. The molecule has 0 radical (unpaired) electrons. The Labute approximate surface area is 197 Å². The Morgan fingerprint density at radius 3 is 2.64 bits per heavy atom. The predicted molar refractivity (Wildman–Crippen MR) is 123 cm³/mol. The van der Waals surface area contributed by atoms with E-state index in [9.17, 15) is 18.0 Å². The molecule has 0 saturated carbocycles. The highest BCUT2D eigenvalue weighted by atomic mass is 35.5. The van der Waals surface area contributed by atoms with Gasteiger partial charge in [-0.05, 0) is 56.2 Å². The summed E-state index contributed by atoms with van der Waals surface area (Å²) in [6, 6.07) is 9.34. The Bertz CT molecular complexity index is 1190. The van der Waals surface area contributed by atoms with Crippen molar-refractivity contribution in [2.75, 3.05) is 30.8 Å². The van der Waals surface area contributed by atoms with E-state index in [-0.39, 0.29) is 35.7 Å². The maximum absolute atomic E-state index is 13.1. The molecule has 1 atom stereocenters. The number of anilines is 2. The Kier molecular flexibility index (Phi) is 6.51. The van der Waals surface area contributed by atoms with Crippen molar-refractivity contribution in [1.29, 1.82) is 0 Å². The van der Waals surface area contributed by atoms with E-state index < -0.39 is 16.1 Å². The summed E-state index contributed by atoms with van der Waals surface area (Å²) >= 11 is 6.02. The van der Waals surface area contributed by atoms with Crippen LogP contribution in [0.5, 0.6) is 11.5 Å². The fourth-order valence-electron chi connectivity index (χ4n) is 3.87. The second-order valence-electron chi connectivity index (χ2n) is 7.92. The number of halogens is 1. The smallest absolute Gasteiger partial charge is 0.265 e. The highest BCUT2D eigenvalue weighted by molar-refractivity contribution is 7.89. The third-order valence-corrected chi connectivity index (χ3v) is 7.89. The van der Waals surface area contributed by atoms with Gasteiger partial charge in [-0.1, -0.05) is 11.6 Å². The number of methoxy groups -OCH3 is 1. The summed E-state index contributed by atoms with van der Waals surface area (Å²) in [4.78, 5) is 24.7. The maximum Gasteiger partial charge on any atom is 0.265 e. The van der Waals surface area contributed by atoms with Crippen molar-refractivity contribution in [3.63, 3.8) is 0 Å². The molecule has 0 bridgehead atoms. The van der Waals surface area contributed by atoms with E-state index in [0.717, 1.165) is 0 Å². The fourth-order valence-corrected chi connectivity index (χ4v) is 5.54. The quantitative estimate of drug-likeness (QED) is 0.661. The van der Waals surface area contributed by atoms with Crippen LogP contribution < -0.4 is 20.1 Å². The van der Waals surface area contributed by atoms with E-state index >= 15 is 0 Å². The van der Waals surface area contributed by atoms with Crippen LogP contribution >= 0.6 is 11.6 Å². The minimum atomic E-state index is -3.79. The number of nitrogens with one attached hydrogen (secondary N) is 2. The Morgan fingerprint density at radius 1 is 1.21 bits per heavy atom. The number of amides is 2. The van der Waals surface area contributed by atoms with E-state index in [1.54, 1.807) is 25.1 Å². The van der Waals surface area contributed by atoms with Gasteiger partial charge in [-0.25, -0.2) is 8.42 Å². The van der Waals surface area contributed by atoms with Gasteiger partial charge in [-0.2, -0.15) is 4.31 Å². The van der Waals surface area contributed by atoms with Gasteiger partial charge in [0, 0.05) is 24.0 Å². The fraction of sp³-hybridized carbons (Fsp3) is 0.364. The second kappa shape index (κ2) is 9.20. The van der Waals surface area contributed by atoms with Crippen molar-refractivity contribution in [3.05, 3.63) is 41.4 Å². The van der Waals surface area contributed by atoms with E-state index in [1.807, 2.05) is 0 Å². The molecule has 2 aliphatic heterocycles. The van der Waals surface area contributed by atoms with Gasteiger partial charge in [0.05, 0.1) is 23.4 Å². The standard InChI is InChI=1S/C22H24ClN3O6S/c1-13-21(27)24-18-12-16(4-6-20(18)32-13)33(29,30)26-9-7-14(8-10-26)22(28)25-17-11-15(23)3-5-19(17)31-2/h3-6,11-14H,7-10H2,1-2H3,(H,24,27)(H,25,28)/t13-/m1/s1. The van der Waals surface area contributed by atoms with Crippen LogP contribution in [-0.2, 0) is 19.6 Å². The van der Waals surface area contributed by atoms with E-state index in [1.165, 1.54) is 29.6 Å². The molecule has 1 saturated heterocycles. The lowest BCUT2D eigenvalue weighted by atomic mass is 9.97. The summed E-state index contributed by atoms with van der Waals surface area (Å²) in [6.07, 6.45) is 0.101. The van der Waals surface area contributed by atoms with Crippen LogP contribution in [0.3, 0.4) is 0 Å². The summed E-state index contributed by atoms with van der Waals surface area (Å²) in [7, 11) is -2.29. The average Bonchev–Trinajstić information content (AvgIpc) is 2.79. The number of nitrogens with zero attached hydrogens (tertiary/aromatic N) is 1. The van der Waals surface area contributed by atoms with E-state index in [2.05, 4.69) is 10.6 Å². The van der Waals surface area contributed by atoms with Gasteiger partial charge in [0.25, 0.3) is 5.91 Å². The topological polar surface area (TPSA) is 114 Å². The van der Waals surface area contributed by atoms with Crippen molar-refractivity contribution in [2.24, 2.45) is 5.92 Å².